The Bertz CT molecular complexity index is 896. The van der Waals surface area contributed by atoms with Crippen LogP contribution in [0.1, 0.15) is 35.1 Å². The lowest BCUT2D eigenvalue weighted by Gasteiger charge is -2.04. The van der Waals surface area contributed by atoms with Gasteiger partial charge < -0.3 is 0 Å². The van der Waals surface area contributed by atoms with E-state index >= 15 is 0 Å². The van der Waals surface area contributed by atoms with Crippen molar-refractivity contribution in [3.05, 3.63) is 107 Å². The summed E-state index contributed by atoms with van der Waals surface area (Å²) in [6.07, 6.45) is 11.1. The first-order chi connectivity index (χ1) is 12.7. The van der Waals surface area contributed by atoms with E-state index in [9.17, 15) is 4.79 Å². The van der Waals surface area contributed by atoms with Crippen molar-refractivity contribution in [3.63, 3.8) is 0 Å². The van der Waals surface area contributed by atoms with Crippen LogP contribution in [0.3, 0.4) is 0 Å². The quantitative estimate of drug-likeness (QED) is 0.467. The maximum Gasteiger partial charge on any atom is 0.163 e. The van der Waals surface area contributed by atoms with Crippen LogP contribution in [0, 0.1) is 0 Å². The second-order valence-electron chi connectivity index (χ2n) is 6.63. The van der Waals surface area contributed by atoms with Gasteiger partial charge in [0.15, 0.2) is 5.78 Å². The smallest absolute Gasteiger partial charge is 0.163 e. The molecule has 0 atom stereocenters. The molecular formula is C25H24O. The molecule has 3 rings (SSSR count). The Kier molecular flexibility index (Phi) is 5.80. The average molecular weight is 340 g/mol. The summed E-state index contributed by atoms with van der Waals surface area (Å²) in [5, 5.41) is 0. The van der Waals surface area contributed by atoms with E-state index in [0.29, 0.717) is 6.42 Å². The number of allylic oxidation sites excluding steroid dienone is 4. The van der Waals surface area contributed by atoms with E-state index in [1.54, 1.807) is 0 Å². The van der Waals surface area contributed by atoms with E-state index in [2.05, 4.69) is 55.6 Å². The molecule has 0 unspecified atom stereocenters. The van der Waals surface area contributed by atoms with E-state index in [1.807, 2.05) is 30.4 Å². The van der Waals surface area contributed by atoms with Crippen LogP contribution >= 0.6 is 0 Å². The Labute approximate surface area is 156 Å². The van der Waals surface area contributed by atoms with Gasteiger partial charge in [0, 0.05) is 12.0 Å². The van der Waals surface area contributed by atoms with Crippen LogP contribution in [0.2, 0.25) is 0 Å². The molecule has 0 N–H and O–H groups in total. The van der Waals surface area contributed by atoms with Gasteiger partial charge in [0.05, 0.1) is 0 Å². The van der Waals surface area contributed by atoms with Crippen LogP contribution < -0.4 is 0 Å². The van der Waals surface area contributed by atoms with Gasteiger partial charge in [0.2, 0.25) is 0 Å². The predicted octanol–water partition coefficient (Wildman–Crippen LogP) is 5.97. The Balaban J connectivity index is 1.93. The van der Waals surface area contributed by atoms with Gasteiger partial charge >= 0.3 is 0 Å². The van der Waals surface area contributed by atoms with Crippen LogP contribution in [-0.2, 0) is 17.6 Å². The highest BCUT2D eigenvalue weighted by atomic mass is 16.1. The highest BCUT2D eigenvalue weighted by Crippen LogP contribution is 2.31. The third-order valence-electron chi connectivity index (χ3n) is 4.58. The first kappa shape index (κ1) is 17.9. The van der Waals surface area contributed by atoms with Gasteiger partial charge in [0.25, 0.3) is 0 Å². The van der Waals surface area contributed by atoms with Gasteiger partial charge in [-0.15, -0.1) is 13.2 Å². The van der Waals surface area contributed by atoms with E-state index in [1.165, 1.54) is 11.1 Å². The van der Waals surface area contributed by atoms with Crippen LogP contribution in [0.4, 0.5) is 0 Å². The highest BCUT2D eigenvalue weighted by Gasteiger charge is 2.22. The lowest BCUT2D eigenvalue weighted by atomic mass is 10.00. The van der Waals surface area contributed by atoms with Crippen LogP contribution in [0.5, 0.6) is 0 Å². The maximum atomic E-state index is 12.4. The molecule has 0 amide bonds. The molecule has 0 heterocycles. The molecule has 0 spiro atoms. The molecule has 0 aromatic heterocycles. The van der Waals surface area contributed by atoms with Crippen molar-refractivity contribution in [2.24, 2.45) is 0 Å². The van der Waals surface area contributed by atoms with E-state index < -0.39 is 0 Å². The molecule has 0 radical (unpaired) electrons. The van der Waals surface area contributed by atoms with E-state index in [-0.39, 0.29) is 5.78 Å². The van der Waals surface area contributed by atoms with Gasteiger partial charge in [-0.3, -0.25) is 4.79 Å². The first-order valence-electron chi connectivity index (χ1n) is 9.05. The molecule has 1 aliphatic carbocycles. The number of hydrogen-bond donors (Lipinski definition) is 0. The van der Waals surface area contributed by atoms with E-state index in [0.717, 1.165) is 41.5 Å². The van der Waals surface area contributed by atoms with Gasteiger partial charge in [-0.1, -0.05) is 66.8 Å². The van der Waals surface area contributed by atoms with Crippen LogP contribution in [-0.4, -0.2) is 5.78 Å². The second kappa shape index (κ2) is 8.44. The lowest BCUT2D eigenvalue weighted by molar-refractivity contribution is -0.114. The normalized spacial score (nSPS) is 17.0. The molecule has 0 aliphatic heterocycles. The van der Waals surface area contributed by atoms with Crippen molar-refractivity contribution < 1.29 is 4.79 Å². The third kappa shape index (κ3) is 4.37. The first-order valence-corrected chi connectivity index (χ1v) is 9.05. The Hall–Kier alpha value is -2.93. The SMILES string of the molecule is C=CCc1cccc(C=C2CCC(=O)C2=Cc2cccc(CC=C)c2)c1. The fourth-order valence-electron chi connectivity index (χ4n) is 3.34. The van der Waals surface area contributed by atoms with Crippen LogP contribution in [0.15, 0.2) is 85.0 Å². The monoisotopic (exact) mass is 340 g/mol. The summed E-state index contributed by atoms with van der Waals surface area (Å²) in [5.41, 5.74) is 6.62. The van der Waals surface area contributed by atoms with Crippen molar-refractivity contribution in [1.29, 1.82) is 0 Å². The standard InChI is InChI=1S/C25H24O/c1-3-7-19-9-5-11-21(15-19)17-23-13-14-25(26)24(23)18-22-12-6-10-20(16-22)8-4-2/h3-6,9-12,15-18H,1-2,7-8,13-14H2. The minimum absolute atomic E-state index is 0.229. The number of carbonyl (C=O) groups is 1. The summed E-state index contributed by atoms with van der Waals surface area (Å²) in [6, 6.07) is 16.7. The number of rotatable bonds is 6. The zero-order valence-corrected chi connectivity index (χ0v) is 15.1. The largest absolute Gasteiger partial charge is 0.294 e. The molecule has 26 heavy (non-hydrogen) atoms. The number of carbonyl (C=O) groups excluding carboxylic acids is 1. The minimum Gasteiger partial charge on any atom is -0.294 e. The maximum absolute atomic E-state index is 12.4. The number of ketones is 1. The summed E-state index contributed by atoms with van der Waals surface area (Å²) in [7, 11) is 0. The Morgan fingerprint density at radius 3 is 1.96 bits per heavy atom. The molecule has 1 fully saturated rings. The highest BCUT2D eigenvalue weighted by molar-refractivity contribution is 6.08. The topological polar surface area (TPSA) is 17.1 Å². The molecule has 130 valence electrons. The van der Waals surface area contributed by atoms with Crippen molar-refractivity contribution >= 4 is 17.9 Å². The Morgan fingerprint density at radius 1 is 0.808 bits per heavy atom. The van der Waals surface area contributed by atoms with Gasteiger partial charge in [-0.2, -0.15) is 0 Å². The minimum atomic E-state index is 0.229. The van der Waals surface area contributed by atoms with Gasteiger partial charge in [-0.05, 0) is 53.2 Å². The molecule has 2 aromatic carbocycles. The summed E-state index contributed by atoms with van der Waals surface area (Å²) in [6.45, 7) is 7.60. The molecule has 1 nitrogen and oxygen atoms in total. The molecule has 1 heteroatoms. The molecule has 1 aliphatic rings. The number of benzene rings is 2. The fourth-order valence-corrected chi connectivity index (χ4v) is 3.34. The van der Waals surface area contributed by atoms with Crippen molar-refractivity contribution in [2.75, 3.05) is 0 Å². The zero-order valence-electron chi connectivity index (χ0n) is 15.1. The Morgan fingerprint density at radius 2 is 1.38 bits per heavy atom. The lowest BCUT2D eigenvalue weighted by Crippen LogP contribution is -1.93. The second-order valence-corrected chi connectivity index (χ2v) is 6.63. The average Bonchev–Trinajstić information content (AvgIpc) is 2.96. The number of hydrogen-bond acceptors (Lipinski definition) is 1. The van der Waals surface area contributed by atoms with Crippen molar-refractivity contribution in [3.8, 4) is 0 Å². The third-order valence-corrected chi connectivity index (χ3v) is 4.58. The molecule has 0 saturated heterocycles. The summed E-state index contributed by atoms with van der Waals surface area (Å²) in [5.74, 6) is 0.229. The van der Waals surface area contributed by atoms with Gasteiger partial charge in [0.1, 0.15) is 0 Å². The summed E-state index contributed by atoms with van der Waals surface area (Å²) >= 11 is 0. The van der Waals surface area contributed by atoms with Gasteiger partial charge in [-0.25, -0.2) is 0 Å². The molecular weight excluding hydrogens is 316 g/mol. The molecule has 1 saturated carbocycles. The predicted molar refractivity (Wildman–Crippen MR) is 111 cm³/mol. The van der Waals surface area contributed by atoms with Crippen LogP contribution in [0.25, 0.3) is 12.2 Å². The molecule has 0 bridgehead atoms. The van der Waals surface area contributed by atoms with Crippen molar-refractivity contribution in [1.82, 2.24) is 0 Å². The summed E-state index contributed by atoms with van der Waals surface area (Å²) in [4.78, 5) is 12.4. The van der Waals surface area contributed by atoms with E-state index in [4.69, 9.17) is 0 Å². The molecule has 2 aromatic rings. The zero-order chi connectivity index (χ0) is 18.4. The summed E-state index contributed by atoms with van der Waals surface area (Å²) < 4.78 is 0. The van der Waals surface area contributed by atoms with Crippen molar-refractivity contribution in [2.45, 2.75) is 25.7 Å². The fraction of sp³-hybridized carbons (Fsp3) is 0.160. The number of Topliss-reactive ketones (excluding diaryl/α,β-unsaturated/α-hetero) is 1.